The average molecular weight is 277 g/mol. The topological polar surface area (TPSA) is 34.1 Å². The van der Waals surface area contributed by atoms with Gasteiger partial charge in [-0.25, -0.2) is 0 Å². The smallest absolute Gasteiger partial charge is 0.294 e. The molecule has 0 N–H and O–H groups in total. The van der Waals surface area contributed by atoms with Crippen molar-refractivity contribution in [1.82, 2.24) is 0 Å². The molecule has 20 heavy (non-hydrogen) atoms. The van der Waals surface area contributed by atoms with Crippen molar-refractivity contribution in [3.8, 4) is 0 Å². The first-order valence-corrected chi connectivity index (χ1v) is 5.91. The van der Waals surface area contributed by atoms with E-state index in [9.17, 15) is 22.8 Å². The number of halogens is 3. The molecule has 1 aliphatic rings. The lowest BCUT2D eigenvalue weighted by molar-refractivity contribution is -0.151. The molecule has 1 aliphatic carbocycles. The van der Waals surface area contributed by atoms with Crippen LogP contribution in [0.25, 0.3) is 10.8 Å². The summed E-state index contributed by atoms with van der Waals surface area (Å²) in [5.74, 6) is -4.17. The van der Waals surface area contributed by atoms with Crippen molar-refractivity contribution in [3.05, 3.63) is 53.9 Å². The van der Waals surface area contributed by atoms with Gasteiger partial charge in [-0.1, -0.05) is 24.3 Å². The van der Waals surface area contributed by atoms with Crippen LogP contribution in [0.3, 0.4) is 0 Å². The number of carbonyl (C=O) groups is 2. The second kappa shape index (κ2) is 4.16. The first-order chi connectivity index (χ1) is 9.38. The summed E-state index contributed by atoms with van der Waals surface area (Å²) in [6.07, 6.45) is -4.28. The van der Waals surface area contributed by atoms with Crippen LogP contribution in [0.2, 0.25) is 0 Å². The van der Waals surface area contributed by atoms with Gasteiger partial charge >= 0.3 is 6.18 Å². The van der Waals surface area contributed by atoms with Crippen LogP contribution in [-0.4, -0.2) is 17.7 Å². The van der Waals surface area contributed by atoms with E-state index < -0.39 is 23.7 Å². The van der Waals surface area contributed by atoms with E-state index in [1.54, 1.807) is 24.3 Å². The zero-order chi connectivity index (χ0) is 14.5. The van der Waals surface area contributed by atoms with Crippen molar-refractivity contribution in [3.63, 3.8) is 0 Å². The fraction of sp³-hybridized carbons (Fsp3) is 0.133. The Kier molecular flexibility index (Phi) is 2.67. The molecule has 0 spiro atoms. The van der Waals surface area contributed by atoms with Crippen LogP contribution in [0, 0.1) is 12.3 Å². The summed E-state index contributed by atoms with van der Waals surface area (Å²) >= 11 is 0. The lowest BCUT2D eigenvalue weighted by Crippen LogP contribution is -2.37. The molecule has 0 heterocycles. The Bertz CT molecular complexity index is 731. The van der Waals surface area contributed by atoms with Crippen molar-refractivity contribution in [2.75, 3.05) is 0 Å². The van der Waals surface area contributed by atoms with E-state index in [-0.39, 0.29) is 11.1 Å². The highest BCUT2D eigenvalue weighted by Gasteiger charge is 2.49. The highest BCUT2D eigenvalue weighted by atomic mass is 19.4. The van der Waals surface area contributed by atoms with Crippen LogP contribution in [0.5, 0.6) is 0 Å². The number of hydrogen-bond acceptors (Lipinski definition) is 2. The number of ketones is 2. The lowest BCUT2D eigenvalue weighted by atomic mass is 9.80. The van der Waals surface area contributed by atoms with Crippen molar-refractivity contribution in [2.45, 2.75) is 6.18 Å². The predicted octanol–water partition coefficient (Wildman–Crippen LogP) is 3.60. The van der Waals surface area contributed by atoms with Gasteiger partial charge in [0.2, 0.25) is 0 Å². The third-order valence-corrected chi connectivity index (χ3v) is 3.37. The number of carbonyl (C=O) groups excluding carboxylic acids is 2. The molecule has 0 saturated heterocycles. The molecular weight excluding hydrogens is 269 g/mol. The third-order valence-electron chi connectivity index (χ3n) is 3.37. The molecule has 0 amide bonds. The van der Waals surface area contributed by atoms with E-state index in [2.05, 4.69) is 0 Å². The number of hydrogen-bond donors (Lipinski definition) is 0. The normalized spacial score (nSPS) is 19.2. The standard InChI is InChI=1S/C15H8F3O2/c16-15(17,18)12-7-13(19)10-5-8-3-1-2-4-9(8)6-11(10)14(12)20/h1-7,12H. The Morgan fingerprint density at radius 3 is 2.00 bits per heavy atom. The second-order valence-electron chi connectivity index (χ2n) is 4.66. The number of fused-ring (bicyclic) bond motifs is 2. The summed E-state index contributed by atoms with van der Waals surface area (Å²) in [6, 6.07) is 9.73. The minimum Gasteiger partial charge on any atom is -0.294 e. The number of alkyl halides is 3. The van der Waals surface area contributed by atoms with Gasteiger partial charge in [-0.05, 0) is 22.9 Å². The van der Waals surface area contributed by atoms with Gasteiger partial charge in [-0.3, -0.25) is 9.59 Å². The van der Waals surface area contributed by atoms with Crippen LogP contribution < -0.4 is 0 Å². The van der Waals surface area contributed by atoms with Gasteiger partial charge in [0.05, 0.1) is 6.42 Å². The van der Waals surface area contributed by atoms with Crippen LogP contribution in [0.15, 0.2) is 36.4 Å². The molecule has 1 radical (unpaired) electrons. The van der Waals surface area contributed by atoms with Gasteiger partial charge < -0.3 is 0 Å². The molecule has 0 aromatic heterocycles. The third kappa shape index (κ3) is 1.90. The maximum atomic E-state index is 12.8. The van der Waals surface area contributed by atoms with E-state index in [0.29, 0.717) is 17.2 Å². The van der Waals surface area contributed by atoms with Gasteiger partial charge in [-0.15, -0.1) is 0 Å². The highest BCUT2D eigenvalue weighted by Crippen LogP contribution is 2.37. The Morgan fingerprint density at radius 1 is 0.900 bits per heavy atom. The maximum absolute atomic E-state index is 12.8. The van der Waals surface area contributed by atoms with Crippen molar-refractivity contribution >= 4 is 22.3 Å². The molecule has 0 bridgehead atoms. The van der Waals surface area contributed by atoms with Crippen LogP contribution >= 0.6 is 0 Å². The second-order valence-corrected chi connectivity index (χ2v) is 4.66. The molecule has 1 unspecified atom stereocenters. The summed E-state index contributed by atoms with van der Waals surface area (Å²) in [5.41, 5.74) is -0.118. The molecule has 5 heteroatoms. The zero-order valence-corrected chi connectivity index (χ0v) is 10.1. The Hall–Kier alpha value is -2.17. The summed E-state index contributed by atoms with van der Waals surface area (Å²) < 4.78 is 38.3. The van der Waals surface area contributed by atoms with E-state index in [1.807, 2.05) is 0 Å². The Morgan fingerprint density at radius 2 is 1.45 bits per heavy atom. The molecule has 101 valence electrons. The molecule has 1 atom stereocenters. The zero-order valence-electron chi connectivity index (χ0n) is 10.1. The van der Waals surface area contributed by atoms with E-state index in [4.69, 9.17) is 0 Å². The maximum Gasteiger partial charge on any atom is 0.399 e. The van der Waals surface area contributed by atoms with Crippen LogP contribution in [0.4, 0.5) is 13.2 Å². The lowest BCUT2D eigenvalue weighted by Gasteiger charge is -2.24. The fourth-order valence-electron chi connectivity index (χ4n) is 2.38. The molecule has 2 aromatic carbocycles. The van der Waals surface area contributed by atoms with Crippen molar-refractivity contribution in [2.24, 2.45) is 5.92 Å². The molecule has 0 aliphatic heterocycles. The number of Topliss-reactive ketones (excluding diaryl/α,β-unsaturated/α-hetero) is 2. The van der Waals surface area contributed by atoms with Gasteiger partial charge in [0, 0.05) is 11.1 Å². The van der Waals surface area contributed by atoms with Gasteiger partial charge in [0.25, 0.3) is 0 Å². The van der Waals surface area contributed by atoms with Crippen LogP contribution in [-0.2, 0) is 0 Å². The first-order valence-electron chi connectivity index (χ1n) is 5.91. The quantitative estimate of drug-likeness (QED) is 0.737. The number of rotatable bonds is 0. The molecule has 2 aromatic rings. The summed E-state index contributed by atoms with van der Waals surface area (Å²) in [4.78, 5) is 23.8. The molecule has 3 rings (SSSR count). The van der Waals surface area contributed by atoms with Crippen molar-refractivity contribution < 1.29 is 22.8 Å². The number of benzene rings is 2. The van der Waals surface area contributed by atoms with Crippen molar-refractivity contribution in [1.29, 1.82) is 0 Å². The summed E-state index contributed by atoms with van der Waals surface area (Å²) in [7, 11) is 0. The summed E-state index contributed by atoms with van der Waals surface area (Å²) in [6.45, 7) is 0. The molecule has 0 fully saturated rings. The van der Waals surface area contributed by atoms with E-state index in [1.165, 1.54) is 12.1 Å². The molecular formula is C15H8F3O2. The summed E-state index contributed by atoms with van der Waals surface area (Å²) in [5, 5.41) is 1.35. The van der Waals surface area contributed by atoms with E-state index in [0.717, 1.165) is 0 Å². The highest BCUT2D eigenvalue weighted by molar-refractivity contribution is 6.21. The van der Waals surface area contributed by atoms with Crippen LogP contribution in [0.1, 0.15) is 20.7 Å². The van der Waals surface area contributed by atoms with Gasteiger partial charge in [0.15, 0.2) is 11.6 Å². The minimum atomic E-state index is -4.74. The van der Waals surface area contributed by atoms with Gasteiger partial charge in [0.1, 0.15) is 5.92 Å². The monoisotopic (exact) mass is 277 g/mol. The molecule has 0 saturated carbocycles. The molecule has 2 nitrogen and oxygen atoms in total. The minimum absolute atomic E-state index is 0.0363. The van der Waals surface area contributed by atoms with Gasteiger partial charge in [-0.2, -0.15) is 13.2 Å². The predicted molar refractivity (Wildman–Crippen MR) is 66.5 cm³/mol. The Balaban J connectivity index is 2.22. The fourth-order valence-corrected chi connectivity index (χ4v) is 2.38. The average Bonchev–Trinajstić information content (AvgIpc) is 2.40. The SMILES string of the molecule is O=C1[CH]C(C(F)(F)F)C(=O)c2cc3ccccc3cc21. The Labute approximate surface area is 112 Å². The largest absolute Gasteiger partial charge is 0.399 e. The first kappa shape index (κ1) is 12.8. The van der Waals surface area contributed by atoms with E-state index >= 15 is 0 Å².